The third kappa shape index (κ3) is 3.82. The summed E-state index contributed by atoms with van der Waals surface area (Å²) < 4.78 is 28.1. The fourth-order valence-electron chi connectivity index (χ4n) is 3.29. The van der Waals surface area contributed by atoms with E-state index in [0.29, 0.717) is 17.4 Å². The van der Waals surface area contributed by atoms with Crippen LogP contribution >= 0.6 is 12.4 Å². The number of rotatable bonds is 3. The van der Waals surface area contributed by atoms with Gasteiger partial charge in [-0.05, 0) is 67.8 Å². The first-order chi connectivity index (χ1) is 10.1. The van der Waals surface area contributed by atoms with Crippen LogP contribution in [0.3, 0.4) is 0 Å². The van der Waals surface area contributed by atoms with Crippen molar-refractivity contribution < 1.29 is 8.42 Å². The maximum atomic E-state index is 12.6. The maximum Gasteiger partial charge on any atom is 0.240 e. The van der Waals surface area contributed by atoms with Gasteiger partial charge >= 0.3 is 0 Å². The normalized spacial score (nSPS) is 25.1. The molecular weight excluding hydrogens is 320 g/mol. The number of halogens is 1. The molecule has 1 heterocycles. The standard InChI is InChI=1S/C16H24N2O2S.ClH/c1-12-8-9-17-11-16(12)18-21(19,20)15-7-6-13-4-2-3-5-14(13)10-15;/h6-7,10,12,16-18H,2-5,8-9,11H2,1H3;1H. The molecule has 22 heavy (non-hydrogen) atoms. The number of nitrogens with one attached hydrogen (secondary N) is 2. The molecule has 4 nitrogen and oxygen atoms in total. The molecule has 0 amide bonds. The topological polar surface area (TPSA) is 58.2 Å². The second-order valence-electron chi connectivity index (χ2n) is 6.34. The van der Waals surface area contributed by atoms with Crippen LogP contribution in [0.4, 0.5) is 0 Å². The Morgan fingerprint density at radius 2 is 1.91 bits per heavy atom. The highest BCUT2D eigenvalue weighted by atomic mass is 35.5. The lowest BCUT2D eigenvalue weighted by Crippen LogP contribution is -2.50. The molecule has 0 spiro atoms. The van der Waals surface area contributed by atoms with Crippen molar-refractivity contribution in [3.63, 3.8) is 0 Å². The van der Waals surface area contributed by atoms with E-state index in [9.17, 15) is 8.42 Å². The summed E-state index contributed by atoms with van der Waals surface area (Å²) in [5.41, 5.74) is 2.52. The van der Waals surface area contributed by atoms with Crippen LogP contribution in [0.2, 0.25) is 0 Å². The van der Waals surface area contributed by atoms with E-state index in [0.717, 1.165) is 32.2 Å². The maximum absolute atomic E-state index is 12.6. The molecule has 2 aliphatic rings. The molecule has 0 saturated carbocycles. The smallest absolute Gasteiger partial charge is 0.240 e. The van der Waals surface area contributed by atoms with Crippen molar-refractivity contribution >= 4 is 22.4 Å². The summed E-state index contributed by atoms with van der Waals surface area (Å²) in [5, 5.41) is 3.26. The zero-order valence-corrected chi connectivity index (χ0v) is 14.6. The second kappa shape index (κ2) is 7.30. The average Bonchev–Trinajstić information content (AvgIpc) is 2.49. The van der Waals surface area contributed by atoms with Crippen LogP contribution in [0.5, 0.6) is 0 Å². The van der Waals surface area contributed by atoms with Gasteiger partial charge in [-0.15, -0.1) is 12.4 Å². The Morgan fingerprint density at radius 3 is 2.64 bits per heavy atom. The number of piperidine rings is 1. The number of fused-ring (bicyclic) bond motifs is 1. The highest BCUT2D eigenvalue weighted by molar-refractivity contribution is 7.89. The number of benzene rings is 1. The highest BCUT2D eigenvalue weighted by Gasteiger charge is 2.27. The van der Waals surface area contributed by atoms with Crippen LogP contribution in [-0.4, -0.2) is 27.5 Å². The molecule has 3 rings (SSSR count). The van der Waals surface area contributed by atoms with Gasteiger partial charge in [0.15, 0.2) is 0 Å². The van der Waals surface area contributed by atoms with Crippen LogP contribution in [-0.2, 0) is 22.9 Å². The summed E-state index contributed by atoms with van der Waals surface area (Å²) in [6.45, 7) is 3.80. The minimum absolute atomic E-state index is 0. The first-order valence-corrected chi connectivity index (χ1v) is 9.39. The lowest BCUT2D eigenvalue weighted by Gasteiger charge is -2.30. The minimum Gasteiger partial charge on any atom is -0.315 e. The molecule has 2 N–H and O–H groups in total. The molecule has 1 aromatic carbocycles. The van der Waals surface area contributed by atoms with Gasteiger partial charge in [-0.1, -0.05) is 13.0 Å². The van der Waals surface area contributed by atoms with E-state index in [1.165, 1.54) is 17.5 Å². The number of hydrogen-bond acceptors (Lipinski definition) is 3. The second-order valence-corrected chi connectivity index (χ2v) is 8.05. The summed E-state index contributed by atoms with van der Waals surface area (Å²) in [4.78, 5) is 0.418. The molecule has 0 radical (unpaired) electrons. The van der Waals surface area contributed by atoms with E-state index in [1.807, 2.05) is 12.1 Å². The van der Waals surface area contributed by atoms with Gasteiger partial charge < -0.3 is 5.32 Å². The van der Waals surface area contributed by atoms with Crippen molar-refractivity contribution in [1.29, 1.82) is 0 Å². The Balaban J connectivity index is 0.00000176. The molecule has 2 unspecified atom stereocenters. The molecule has 2 atom stereocenters. The van der Waals surface area contributed by atoms with Crippen molar-refractivity contribution in [2.45, 2.75) is 50.0 Å². The van der Waals surface area contributed by atoms with Crippen LogP contribution in [0, 0.1) is 5.92 Å². The quantitative estimate of drug-likeness (QED) is 0.884. The van der Waals surface area contributed by atoms with E-state index in [1.54, 1.807) is 6.07 Å². The summed E-state index contributed by atoms with van der Waals surface area (Å²) in [6.07, 6.45) is 5.46. The summed E-state index contributed by atoms with van der Waals surface area (Å²) in [5.74, 6) is 0.374. The monoisotopic (exact) mass is 344 g/mol. The average molecular weight is 345 g/mol. The van der Waals surface area contributed by atoms with Crippen molar-refractivity contribution in [2.75, 3.05) is 13.1 Å². The van der Waals surface area contributed by atoms with Gasteiger partial charge in [0.25, 0.3) is 0 Å². The van der Waals surface area contributed by atoms with Crippen molar-refractivity contribution in [3.8, 4) is 0 Å². The van der Waals surface area contributed by atoms with E-state index in [2.05, 4.69) is 17.0 Å². The summed E-state index contributed by atoms with van der Waals surface area (Å²) in [6, 6.07) is 5.61. The van der Waals surface area contributed by atoms with Crippen molar-refractivity contribution in [1.82, 2.24) is 10.0 Å². The Bertz CT molecular complexity index is 619. The molecule has 1 aliphatic carbocycles. The van der Waals surface area contributed by atoms with Crippen LogP contribution in [0.1, 0.15) is 37.3 Å². The predicted octanol–water partition coefficient (Wildman–Crippen LogP) is 2.26. The highest BCUT2D eigenvalue weighted by Crippen LogP contribution is 2.24. The van der Waals surface area contributed by atoms with Crippen molar-refractivity contribution in [2.24, 2.45) is 5.92 Å². The summed E-state index contributed by atoms with van der Waals surface area (Å²) in [7, 11) is -3.42. The van der Waals surface area contributed by atoms with E-state index in [-0.39, 0.29) is 18.4 Å². The molecular formula is C16H25ClN2O2S. The Morgan fingerprint density at radius 1 is 1.18 bits per heavy atom. The minimum atomic E-state index is -3.42. The molecule has 0 aromatic heterocycles. The van der Waals surface area contributed by atoms with Crippen LogP contribution in [0.15, 0.2) is 23.1 Å². The van der Waals surface area contributed by atoms with Gasteiger partial charge in [-0.25, -0.2) is 13.1 Å². The molecule has 1 aromatic rings. The number of hydrogen-bond donors (Lipinski definition) is 2. The van der Waals surface area contributed by atoms with Gasteiger partial charge in [-0.3, -0.25) is 0 Å². The zero-order chi connectivity index (χ0) is 14.9. The van der Waals surface area contributed by atoms with Gasteiger partial charge in [0.05, 0.1) is 4.90 Å². The molecule has 1 saturated heterocycles. The van der Waals surface area contributed by atoms with Gasteiger partial charge in [-0.2, -0.15) is 0 Å². The lowest BCUT2D eigenvalue weighted by atomic mass is 9.92. The largest absolute Gasteiger partial charge is 0.315 e. The third-order valence-electron chi connectivity index (χ3n) is 4.76. The van der Waals surface area contributed by atoms with E-state index in [4.69, 9.17) is 0 Å². The fraction of sp³-hybridized carbons (Fsp3) is 0.625. The fourth-order valence-corrected chi connectivity index (χ4v) is 4.69. The van der Waals surface area contributed by atoms with E-state index < -0.39 is 10.0 Å². The summed E-state index contributed by atoms with van der Waals surface area (Å²) >= 11 is 0. The predicted molar refractivity (Wildman–Crippen MR) is 91.1 cm³/mol. The first kappa shape index (κ1) is 17.7. The molecule has 1 aliphatic heterocycles. The van der Waals surface area contributed by atoms with Gasteiger partial charge in [0, 0.05) is 12.6 Å². The number of aryl methyl sites for hydroxylation is 2. The molecule has 0 bridgehead atoms. The van der Waals surface area contributed by atoms with Crippen LogP contribution in [0.25, 0.3) is 0 Å². The van der Waals surface area contributed by atoms with Gasteiger partial charge in [0.2, 0.25) is 10.0 Å². The lowest BCUT2D eigenvalue weighted by molar-refractivity contribution is 0.327. The first-order valence-electron chi connectivity index (χ1n) is 7.91. The zero-order valence-electron chi connectivity index (χ0n) is 13.0. The Kier molecular flexibility index (Phi) is 5.88. The molecule has 124 valence electrons. The van der Waals surface area contributed by atoms with E-state index >= 15 is 0 Å². The molecule has 1 fully saturated rings. The molecule has 6 heteroatoms. The van der Waals surface area contributed by atoms with Gasteiger partial charge in [0.1, 0.15) is 0 Å². The Hall–Kier alpha value is -0.620. The van der Waals surface area contributed by atoms with Crippen molar-refractivity contribution in [3.05, 3.63) is 29.3 Å². The van der Waals surface area contributed by atoms with Crippen LogP contribution < -0.4 is 10.0 Å². The number of sulfonamides is 1. The third-order valence-corrected chi connectivity index (χ3v) is 6.25. The Labute approximate surface area is 139 Å². The SMILES string of the molecule is CC1CCNCC1NS(=O)(=O)c1ccc2c(c1)CCCC2.Cl.